The molecular weight excluding hydrogens is 511 g/mol. The van der Waals surface area contributed by atoms with Gasteiger partial charge >= 0.3 is 0 Å². The minimum absolute atomic E-state index is 0.0624. The Balaban J connectivity index is 1.74. The highest BCUT2D eigenvalue weighted by atomic mass is 35.5. The number of nitrogens with one attached hydrogen (secondary N) is 2. The number of amides is 2. The van der Waals surface area contributed by atoms with Crippen molar-refractivity contribution in [1.82, 2.24) is 10.6 Å². The molecule has 6 nitrogen and oxygen atoms in total. The molecule has 1 aliphatic rings. The van der Waals surface area contributed by atoms with Crippen LogP contribution in [-0.2, 0) is 4.79 Å². The van der Waals surface area contributed by atoms with Crippen molar-refractivity contribution in [3.8, 4) is 0 Å². The summed E-state index contributed by atoms with van der Waals surface area (Å²) in [5.41, 5.74) is 5.67. The van der Waals surface area contributed by atoms with Crippen LogP contribution >= 0.6 is 46.7 Å². The quantitative estimate of drug-likeness (QED) is 0.292. The lowest BCUT2D eigenvalue weighted by Gasteiger charge is -2.32. The molecule has 10 heteroatoms. The van der Waals surface area contributed by atoms with Crippen molar-refractivity contribution in [1.29, 1.82) is 0 Å². The van der Waals surface area contributed by atoms with Gasteiger partial charge in [0.25, 0.3) is 11.8 Å². The van der Waals surface area contributed by atoms with E-state index >= 15 is 0 Å². The van der Waals surface area contributed by atoms with Gasteiger partial charge in [-0.2, -0.15) is 0 Å². The van der Waals surface area contributed by atoms with Gasteiger partial charge in [-0.05, 0) is 67.6 Å². The van der Waals surface area contributed by atoms with Gasteiger partial charge in [-0.1, -0.05) is 40.9 Å². The zero-order valence-corrected chi connectivity index (χ0v) is 21.1. The summed E-state index contributed by atoms with van der Waals surface area (Å²) in [6, 6.07) is 21.5. The summed E-state index contributed by atoms with van der Waals surface area (Å²) in [6.45, 7) is 1.93. The standard InChI is InChI=1S/C24H20Cl2N4O2S2/c1-14-2-4-15(5-3-14)20(31)29-24(21(32)28-23(27)30-24)22(33-18-10-6-16(25)7-11-18)34-19-12-8-17(26)9-13-19/h2-13,22H,1H3,(H,29,31)(H3,27,28,30,32)/t24-/m1/s1. The second-order valence-electron chi connectivity index (χ2n) is 7.51. The number of carbonyl (C=O) groups is 2. The number of aryl methyl sites for hydroxylation is 1. The van der Waals surface area contributed by atoms with E-state index in [1.54, 1.807) is 36.4 Å². The maximum atomic E-state index is 13.3. The minimum Gasteiger partial charge on any atom is -0.370 e. The first-order valence-corrected chi connectivity index (χ1v) is 12.7. The molecule has 0 saturated carbocycles. The van der Waals surface area contributed by atoms with Crippen LogP contribution in [0.4, 0.5) is 0 Å². The summed E-state index contributed by atoms with van der Waals surface area (Å²) in [4.78, 5) is 32.6. The molecule has 0 fully saturated rings. The Morgan fingerprint density at radius 2 is 1.44 bits per heavy atom. The van der Waals surface area contributed by atoms with Gasteiger partial charge in [0, 0.05) is 25.4 Å². The Hall–Kier alpha value is -2.65. The van der Waals surface area contributed by atoms with Gasteiger partial charge < -0.3 is 11.1 Å². The van der Waals surface area contributed by atoms with Crippen LogP contribution in [0.3, 0.4) is 0 Å². The zero-order valence-electron chi connectivity index (χ0n) is 17.9. The molecule has 0 aliphatic carbocycles. The van der Waals surface area contributed by atoms with E-state index in [9.17, 15) is 9.59 Å². The molecule has 4 N–H and O–H groups in total. The van der Waals surface area contributed by atoms with Crippen LogP contribution in [0.5, 0.6) is 0 Å². The average molecular weight is 531 g/mol. The highest BCUT2D eigenvalue weighted by molar-refractivity contribution is 8.17. The molecule has 0 radical (unpaired) electrons. The van der Waals surface area contributed by atoms with Crippen LogP contribution in [0.1, 0.15) is 15.9 Å². The molecular formula is C24H20Cl2N4O2S2. The van der Waals surface area contributed by atoms with Crippen LogP contribution in [0.15, 0.2) is 87.6 Å². The van der Waals surface area contributed by atoms with Gasteiger partial charge in [0.05, 0.1) is 0 Å². The SMILES string of the molecule is Cc1ccc(C(=O)N[C@@]2(C(Sc3ccc(Cl)cc3)Sc3ccc(Cl)cc3)N=C(N)NC2=O)cc1. The fourth-order valence-corrected chi connectivity index (χ4v) is 6.17. The summed E-state index contributed by atoms with van der Waals surface area (Å²) in [5.74, 6) is -1.02. The fraction of sp³-hybridized carbons (Fsp3) is 0.125. The second kappa shape index (κ2) is 10.3. The van der Waals surface area contributed by atoms with Gasteiger partial charge in [-0.15, -0.1) is 23.5 Å². The Morgan fingerprint density at radius 3 is 1.88 bits per heavy atom. The molecule has 0 spiro atoms. The second-order valence-corrected chi connectivity index (χ2v) is 11.0. The van der Waals surface area contributed by atoms with Gasteiger partial charge in [0.2, 0.25) is 5.66 Å². The van der Waals surface area contributed by atoms with Crippen LogP contribution < -0.4 is 16.4 Å². The number of hydrogen-bond acceptors (Lipinski definition) is 6. The van der Waals surface area contributed by atoms with Crippen LogP contribution in [0.25, 0.3) is 0 Å². The lowest BCUT2D eigenvalue weighted by Crippen LogP contribution is -2.59. The summed E-state index contributed by atoms with van der Waals surface area (Å²) in [6.07, 6.45) is 0. The maximum Gasteiger partial charge on any atom is 0.277 e. The topological polar surface area (TPSA) is 96.6 Å². The molecule has 0 aromatic heterocycles. The molecule has 0 saturated heterocycles. The third-order valence-corrected chi connectivity index (χ3v) is 8.24. The van der Waals surface area contributed by atoms with E-state index in [0.29, 0.717) is 15.6 Å². The smallest absolute Gasteiger partial charge is 0.277 e. The number of nitrogens with zero attached hydrogens (tertiary/aromatic N) is 1. The first-order chi connectivity index (χ1) is 16.2. The predicted molar refractivity (Wildman–Crippen MR) is 140 cm³/mol. The Kier molecular flexibility index (Phi) is 7.42. The summed E-state index contributed by atoms with van der Waals surface area (Å²) >= 11 is 14.8. The number of nitrogens with two attached hydrogens (primary N) is 1. The number of benzene rings is 3. The molecule has 3 aromatic carbocycles. The lowest BCUT2D eigenvalue weighted by atomic mass is 10.1. The van der Waals surface area contributed by atoms with Crippen LogP contribution in [-0.4, -0.2) is 28.0 Å². The highest BCUT2D eigenvalue weighted by Gasteiger charge is 2.52. The summed E-state index contributed by atoms with van der Waals surface area (Å²) in [5, 5.41) is 6.59. The zero-order chi connectivity index (χ0) is 24.3. The van der Waals surface area contributed by atoms with Gasteiger partial charge in [0.1, 0.15) is 4.58 Å². The van der Waals surface area contributed by atoms with Crippen molar-refractivity contribution < 1.29 is 9.59 Å². The van der Waals surface area contributed by atoms with Gasteiger partial charge in [0.15, 0.2) is 5.96 Å². The number of aliphatic imine (C=N–C) groups is 1. The number of thioether (sulfide) groups is 2. The molecule has 2 amide bonds. The monoisotopic (exact) mass is 530 g/mol. The van der Waals surface area contributed by atoms with E-state index in [4.69, 9.17) is 28.9 Å². The van der Waals surface area contributed by atoms with Crippen LogP contribution in [0, 0.1) is 6.92 Å². The molecule has 4 rings (SSSR count). The summed E-state index contributed by atoms with van der Waals surface area (Å²) in [7, 11) is 0. The Bertz CT molecular complexity index is 1190. The van der Waals surface area contributed by atoms with E-state index in [1.807, 2.05) is 43.3 Å². The maximum absolute atomic E-state index is 13.3. The highest BCUT2D eigenvalue weighted by Crippen LogP contribution is 2.44. The average Bonchev–Trinajstić information content (AvgIpc) is 3.10. The number of guanidine groups is 1. The van der Waals surface area contributed by atoms with Gasteiger partial charge in [-0.25, -0.2) is 4.99 Å². The third kappa shape index (κ3) is 5.52. The number of carbonyl (C=O) groups excluding carboxylic acids is 2. The molecule has 1 atom stereocenters. The number of hydrogen-bond donors (Lipinski definition) is 3. The third-order valence-electron chi connectivity index (χ3n) is 4.96. The van der Waals surface area contributed by atoms with E-state index in [0.717, 1.165) is 15.4 Å². The Morgan fingerprint density at radius 1 is 0.941 bits per heavy atom. The number of halogens is 2. The van der Waals surface area contributed by atoms with E-state index < -0.39 is 22.1 Å². The van der Waals surface area contributed by atoms with Crippen molar-refractivity contribution in [3.63, 3.8) is 0 Å². The molecule has 0 unspecified atom stereocenters. The van der Waals surface area contributed by atoms with Crippen molar-refractivity contribution in [3.05, 3.63) is 94.0 Å². The predicted octanol–water partition coefficient (Wildman–Crippen LogP) is 5.08. The first-order valence-electron chi connectivity index (χ1n) is 10.2. The minimum atomic E-state index is -1.67. The Labute approximate surface area is 215 Å². The van der Waals surface area contributed by atoms with Gasteiger partial charge in [-0.3, -0.25) is 14.9 Å². The van der Waals surface area contributed by atoms with E-state index in [2.05, 4.69) is 15.6 Å². The molecule has 34 heavy (non-hydrogen) atoms. The van der Waals surface area contributed by atoms with Crippen molar-refractivity contribution in [2.75, 3.05) is 0 Å². The van der Waals surface area contributed by atoms with Crippen molar-refractivity contribution in [2.24, 2.45) is 10.7 Å². The molecule has 0 bridgehead atoms. The first kappa shape index (κ1) is 24.5. The van der Waals surface area contributed by atoms with Crippen molar-refractivity contribution >= 4 is 64.5 Å². The van der Waals surface area contributed by atoms with E-state index in [-0.39, 0.29) is 5.96 Å². The molecule has 174 valence electrons. The molecule has 3 aromatic rings. The largest absolute Gasteiger partial charge is 0.370 e. The fourth-order valence-electron chi connectivity index (χ4n) is 3.20. The molecule has 1 aliphatic heterocycles. The lowest BCUT2D eigenvalue weighted by molar-refractivity contribution is -0.124. The normalized spacial score (nSPS) is 17.4. The molecule has 1 heterocycles. The number of rotatable bonds is 7. The van der Waals surface area contributed by atoms with Crippen LogP contribution in [0.2, 0.25) is 10.0 Å². The summed E-state index contributed by atoms with van der Waals surface area (Å²) < 4.78 is -0.620. The van der Waals surface area contributed by atoms with E-state index in [1.165, 1.54) is 23.5 Å². The van der Waals surface area contributed by atoms with Crippen molar-refractivity contribution in [2.45, 2.75) is 27.0 Å².